The molecule has 0 spiro atoms. The number of esters is 1. The van der Waals surface area contributed by atoms with Crippen molar-refractivity contribution in [1.29, 1.82) is 0 Å². The second-order valence-corrected chi connectivity index (χ2v) is 2.81. The second-order valence-electron chi connectivity index (χ2n) is 2.81. The van der Waals surface area contributed by atoms with Gasteiger partial charge in [-0.3, -0.25) is 0 Å². The molecule has 0 radical (unpaired) electrons. The van der Waals surface area contributed by atoms with Gasteiger partial charge in [0.1, 0.15) is 23.7 Å². The summed E-state index contributed by atoms with van der Waals surface area (Å²) in [6, 6.07) is 1.65. The average molecular weight is 198 g/mol. The smallest absolute Gasteiger partial charge is 0.341 e. The third kappa shape index (κ3) is 2.35. The van der Waals surface area contributed by atoms with E-state index in [1.807, 2.05) is 6.92 Å². The van der Waals surface area contributed by atoms with E-state index in [9.17, 15) is 4.79 Å². The number of hydrogen-bond acceptors (Lipinski definition) is 4. The van der Waals surface area contributed by atoms with Gasteiger partial charge in [0.05, 0.1) is 7.11 Å². The standard InChI is InChI=1S/C10H14O4/c1-4-13-6-8-5-9(7(2)14-8)10(11)12-3/h5H,4,6H2,1-3H3. The first-order chi connectivity index (χ1) is 6.69. The minimum Gasteiger partial charge on any atom is -0.465 e. The highest BCUT2D eigenvalue weighted by Gasteiger charge is 2.14. The fourth-order valence-electron chi connectivity index (χ4n) is 1.13. The van der Waals surface area contributed by atoms with Crippen LogP contribution in [0.25, 0.3) is 0 Å². The Morgan fingerprint density at radius 2 is 2.29 bits per heavy atom. The van der Waals surface area contributed by atoms with Crippen molar-refractivity contribution in [3.63, 3.8) is 0 Å². The van der Waals surface area contributed by atoms with Gasteiger partial charge in [-0.05, 0) is 19.9 Å². The van der Waals surface area contributed by atoms with Crippen LogP contribution in [0.15, 0.2) is 10.5 Å². The van der Waals surface area contributed by atoms with Crippen molar-refractivity contribution < 1.29 is 18.7 Å². The van der Waals surface area contributed by atoms with Gasteiger partial charge in [0, 0.05) is 6.61 Å². The van der Waals surface area contributed by atoms with Crippen LogP contribution in [-0.4, -0.2) is 19.7 Å². The molecule has 0 saturated carbocycles. The molecule has 0 aliphatic heterocycles. The molecule has 0 aliphatic carbocycles. The first-order valence-electron chi connectivity index (χ1n) is 4.44. The highest BCUT2D eigenvalue weighted by molar-refractivity contribution is 5.90. The van der Waals surface area contributed by atoms with Crippen LogP contribution in [0.4, 0.5) is 0 Å². The number of rotatable bonds is 4. The Hall–Kier alpha value is -1.29. The predicted octanol–water partition coefficient (Wildman–Crippen LogP) is 1.91. The fourth-order valence-corrected chi connectivity index (χ4v) is 1.13. The lowest BCUT2D eigenvalue weighted by molar-refractivity contribution is 0.0599. The van der Waals surface area contributed by atoms with E-state index in [0.29, 0.717) is 30.3 Å². The van der Waals surface area contributed by atoms with Crippen LogP contribution in [0.1, 0.15) is 28.8 Å². The topological polar surface area (TPSA) is 48.7 Å². The lowest BCUT2D eigenvalue weighted by Crippen LogP contribution is -2.00. The van der Waals surface area contributed by atoms with Gasteiger partial charge in [0.25, 0.3) is 0 Å². The molecule has 1 aromatic rings. The first kappa shape index (κ1) is 10.8. The molecule has 4 nitrogen and oxygen atoms in total. The molecule has 0 aliphatic rings. The maximum atomic E-state index is 11.2. The van der Waals surface area contributed by atoms with Crippen LogP contribution < -0.4 is 0 Å². The molecule has 0 bridgehead atoms. The summed E-state index contributed by atoms with van der Waals surface area (Å²) in [6.45, 7) is 4.63. The molecule has 0 saturated heterocycles. The Bertz CT molecular complexity index is 314. The summed E-state index contributed by atoms with van der Waals surface area (Å²) in [5, 5.41) is 0. The molecule has 0 aromatic carbocycles. The molecular weight excluding hydrogens is 184 g/mol. The zero-order chi connectivity index (χ0) is 10.6. The van der Waals surface area contributed by atoms with E-state index >= 15 is 0 Å². The number of furan rings is 1. The Kier molecular flexibility index (Phi) is 3.71. The number of hydrogen-bond donors (Lipinski definition) is 0. The van der Waals surface area contributed by atoms with Crippen LogP contribution in [0.5, 0.6) is 0 Å². The molecule has 1 aromatic heterocycles. The third-order valence-electron chi connectivity index (χ3n) is 1.82. The molecule has 0 N–H and O–H groups in total. The van der Waals surface area contributed by atoms with Crippen molar-refractivity contribution in [1.82, 2.24) is 0 Å². The van der Waals surface area contributed by atoms with E-state index < -0.39 is 0 Å². The van der Waals surface area contributed by atoms with Crippen molar-refractivity contribution >= 4 is 5.97 Å². The van der Waals surface area contributed by atoms with Gasteiger partial charge in [-0.1, -0.05) is 0 Å². The summed E-state index contributed by atoms with van der Waals surface area (Å²) in [7, 11) is 1.34. The molecule has 1 heterocycles. The van der Waals surface area contributed by atoms with Crippen molar-refractivity contribution in [3.05, 3.63) is 23.2 Å². The lowest BCUT2D eigenvalue weighted by Gasteiger charge is -1.94. The number of methoxy groups -OCH3 is 1. The second kappa shape index (κ2) is 4.81. The van der Waals surface area contributed by atoms with Gasteiger partial charge in [-0.25, -0.2) is 4.79 Å². The van der Waals surface area contributed by atoms with Crippen LogP contribution in [0, 0.1) is 6.92 Å². The van der Waals surface area contributed by atoms with Crippen molar-refractivity contribution in [3.8, 4) is 0 Å². The van der Waals surface area contributed by atoms with Gasteiger partial charge < -0.3 is 13.9 Å². The number of ether oxygens (including phenoxy) is 2. The highest BCUT2D eigenvalue weighted by Crippen LogP contribution is 2.16. The maximum absolute atomic E-state index is 11.2. The first-order valence-corrected chi connectivity index (χ1v) is 4.44. The Labute approximate surface area is 82.8 Å². The van der Waals surface area contributed by atoms with E-state index in [1.54, 1.807) is 13.0 Å². The van der Waals surface area contributed by atoms with E-state index in [-0.39, 0.29) is 5.97 Å². The summed E-state index contributed by atoms with van der Waals surface area (Å²) in [4.78, 5) is 11.2. The predicted molar refractivity (Wildman–Crippen MR) is 50.1 cm³/mol. The maximum Gasteiger partial charge on any atom is 0.341 e. The molecule has 0 fully saturated rings. The summed E-state index contributed by atoms with van der Waals surface area (Å²) in [5.41, 5.74) is 0.460. The lowest BCUT2D eigenvalue weighted by atomic mass is 10.2. The molecule has 4 heteroatoms. The largest absolute Gasteiger partial charge is 0.465 e. The van der Waals surface area contributed by atoms with E-state index in [1.165, 1.54) is 7.11 Å². The number of carbonyl (C=O) groups excluding carboxylic acids is 1. The van der Waals surface area contributed by atoms with Crippen LogP contribution >= 0.6 is 0 Å². The summed E-state index contributed by atoms with van der Waals surface area (Å²) in [5.74, 6) is 0.824. The van der Waals surface area contributed by atoms with Crippen molar-refractivity contribution in [2.24, 2.45) is 0 Å². The molecule has 14 heavy (non-hydrogen) atoms. The Morgan fingerprint density at radius 1 is 1.57 bits per heavy atom. The fraction of sp³-hybridized carbons (Fsp3) is 0.500. The van der Waals surface area contributed by atoms with E-state index in [4.69, 9.17) is 9.15 Å². The quantitative estimate of drug-likeness (QED) is 0.693. The third-order valence-corrected chi connectivity index (χ3v) is 1.82. The van der Waals surface area contributed by atoms with E-state index in [2.05, 4.69) is 4.74 Å². The number of aryl methyl sites for hydroxylation is 1. The van der Waals surface area contributed by atoms with Crippen LogP contribution in [0.3, 0.4) is 0 Å². The van der Waals surface area contributed by atoms with Gasteiger partial charge in [0.2, 0.25) is 0 Å². The summed E-state index contributed by atoms with van der Waals surface area (Å²) < 4.78 is 15.1. The molecule has 1 rings (SSSR count). The molecule has 0 unspecified atom stereocenters. The van der Waals surface area contributed by atoms with Gasteiger partial charge in [-0.2, -0.15) is 0 Å². The van der Waals surface area contributed by atoms with Crippen molar-refractivity contribution in [2.75, 3.05) is 13.7 Å². The SMILES string of the molecule is CCOCc1cc(C(=O)OC)c(C)o1. The van der Waals surface area contributed by atoms with Crippen molar-refractivity contribution in [2.45, 2.75) is 20.5 Å². The molecule has 78 valence electrons. The summed E-state index contributed by atoms with van der Waals surface area (Å²) >= 11 is 0. The normalized spacial score (nSPS) is 10.2. The Morgan fingerprint density at radius 3 is 2.86 bits per heavy atom. The zero-order valence-electron chi connectivity index (χ0n) is 8.62. The molecule has 0 atom stereocenters. The summed E-state index contributed by atoms with van der Waals surface area (Å²) in [6.07, 6.45) is 0. The van der Waals surface area contributed by atoms with Gasteiger partial charge in [0.15, 0.2) is 0 Å². The zero-order valence-corrected chi connectivity index (χ0v) is 8.62. The average Bonchev–Trinajstić information content (AvgIpc) is 2.55. The number of carbonyl (C=O) groups is 1. The van der Waals surface area contributed by atoms with Gasteiger partial charge in [-0.15, -0.1) is 0 Å². The van der Waals surface area contributed by atoms with Crippen LogP contribution in [0.2, 0.25) is 0 Å². The Balaban J connectivity index is 2.77. The molecule has 0 amide bonds. The van der Waals surface area contributed by atoms with Crippen LogP contribution in [-0.2, 0) is 16.1 Å². The van der Waals surface area contributed by atoms with Gasteiger partial charge >= 0.3 is 5.97 Å². The minimum absolute atomic E-state index is 0.381. The monoisotopic (exact) mass is 198 g/mol. The van der Waals surface area contributed by atoms with E-state index in [0.717, 1.165) is 0 Å². The minimum atomic E-state index is -0.381. The molecular formula is C10H14O4. The highest BCUT2D eigenvalue weighted by atomic mass is 16.5.